The van der Waals surface area contributed by atoms with Crippen LogP contribution in [0.5, 0.6) is 0 Å². The lowest BCUT2D eigenvalue weighted by atomic mass is 9.63. The Morgan fingerprint density at radius 3 is 2.71 bits per heavy atom. The molecule has 1 fully saturated rings. The first-order valence-electron chi connectivity index (χ1n) is 10.4. The third kappa shape index (κ3) is 3.99. The Labute approximate surface area is 198 Å². The molecule has 0 aromatic heterocycles. The highest BCUT2D eigenvalue weighted by atomic mass is 79.9. The van der Waals surface area contributed by atoms with E-state index in [2.05, 4.69) is 56.9 Å². The van der Waals surface area contributed by atoms with Crippen LogP contribution < -0.4 is 9.62 Å². The molecule has 31 heavy (non-hydrogen) atoms. The van der Waals surface area contributed by atoms with E-state index in [9.17, 15) is 8.42 Å². The number of nitrogens with one attached hydrogen (secondary N) is 1. The summed E-state index contributed by atoms with van der Waals surface area (Å²) in [5, 5.41) is 0.509. The maximum atomic E-state index is 12.8. The summed E-state index contributed by atoms with van der Waals surface area (Å²) in [7, 11) is -3.61. The van der Waals surface area contributed by atoms with E-state index in [4.69, 9.17) is 11.6 Å². The molecule has 2 aromatic rings. The Morgan fingerprint density at radius 1 is 1.26 bits per heavy atom. The van der Waals surface area contributed by atoms with Crippen LogP contribution in [0.25, 0.3) is 0 Å². The van der Waals surface area contributed by atoms with Crippen molar-refractivity contribution in [2.75, 3.05) is 18.0 Å². The van der Waals surface area contributed by atoms with E-state index in [0.29, 0.717) is 18.0 Å². The lowest BCUT2D eigenvalue weighted by molar-refractivity contribution is 0.319. The van der Waals surface area contributed by atoms with E-state index in [1.54, 1.807) is 12.1 Å². The molecule has 2 atom stereocenters. The van der Waals surface area contributed by atoms with E-state index in [1.165, 1.54) is 29.0 Å². The number of fused-ring (bicyclic) bond motifs is 3. The van der Waals surface area contributed by atoms with Gasteiger partial charge in [-0.3, -0.25) is 0 Å². The molecule has 2 aromatic carbocycles. The van der Waals surface area contributed by atoms with Gasteiger partial charge in [0.15, 0.2) is 0 Å². The maximum absolute atomic E-state index is 12.8. The van der Waals surface area contributed by atoms with Crippen molar-refractivity contribution in [1.82, 2.24) is 4.72 Å². The van der Waals surface area contributed by atoms with E-state index < -0.39 is 10.0 Å². The van der Waals surface area contributed by atoms with E-state index in [-0.39, 0.29) is 16.4 Å². The number of hydrogen-bond acceptors (Lipinski definition) is 3. The van der Waals surface area contributed by atoms with Gasteiger partial charge in [0.05, 0.1) is 4.90 Å². The molecule has 0 radical (unpaired) electrons. The van der Waals surface area contributed by atoms with Gasteiger partial charge in [0, 0.05) is 39.7 Å². The minimum Gasteiger partial charge on any atom is -0.363 e. The van der Waals surface area contributed by atoms with Gasteiger partial charge in [-0.15, -0.1) is 6.58 Å². The summed E-state index contributed by atoms with van der Waals surface area (Å²) >= 11 is 9.53. The number of rotatable bonds is 7. The van der Waals surface area contributed by atoms with Crippen LogP contribution in [-0.2, 0) is 15.4 Å². The monoisotopic (exact) mass is 520 g/mol. The molecule has 1 N–H and O–H groups in total. The average Bonchev–Trinajstić information content (AvgIpc) is 2.99. The van der Waals surface area contributed by atoms with Crippen molar-refractivity contribution < 1.29 is 8.42 Å². The molecular weight excluding hydrogens is 496 g/mol. The highest BCUT2D eigenvalue weighted by Gasteiger charge is 2.53. The molecular formula is C24H26BrClN2O2S. The van der Waals surface area contributed by atoms with Gasteiger partial charge < -0.3 is 4.90 Å². The Kier molecular flexibility index (Phi) is 6.37. The van der Waals surface area contributed by atoms with Crippen LogP contribution in [0.15, 0.2) is 76.6 Å². The van der Waals surface area contributed by atoms with Crippen LogP contribution >= 0.6 is 27.5 Å². The fourth-order valence-corrected chi connectivity index (χ4v) is 6.73. The normalized spacial score (nSPS) is 22.8. The summed E-state index contributed by atoms with van der Waals surface area (Å²) < 4.78 is 29.4. The predicted molar refractivity (Wildman–Crippen MR) is 131 cm³/mol. The molecule has 0 bridgehead atoms. The zero-order chi connectivity index (χ0) is 22.2. The summed E-state index contributed by atoms with van der Waals surface area (Å²) in [6, 6.07) is 12.9. The van der Waals surface area contributed by atoms with Crippen molar-refractivity contribution in [3.8, 4) is 0 Å². The Morgan fingerprint density at radius 2 is 2.00 bits per heavy atom. The van der Waals surface area contributed by atoms with Crippen molar-refractivity contribution in [2.45, 2.75) is 42.0 Å². The number of benzene rings is 2. The first kappa shape index (κ1) is 22.6. The van der Waals surface area contributed by atoms with Gasteiger partial charge in [-0.25, -0.2) is 13.1 Å². The topological polar surface area (TPSA) is 49.4 Å². The molecule has 0 saturated heterocycles. The number of nitrogens with zero attached hydrogens (tertiary/aromatic N) is 1. The number of sulfonamides is 1. The minimum absolute atomic E-state index is 0.219. The van der Waals surface area contributed by atoms with Crippen LogP contribution in [0.3, 0.4) is 0 Å². The van der Waals surface area contributed by atoms with Crippen LogP contribution in [0.4, 0.5) is 5.69 Å². The largest absolute Gasteiger partial charge is 0.363 e. The SMILES string of the molecule is C=CCN1c2ccc(Br)cc2[C@]2(CCNS(=O)(=O)c3ccc(Cl)cc3)C(=C)CCC[C@H]12. The second-order valence-corrected chi connectivity index (χ2v) is 11.3. The Balaban J connectivity index is 1.66. The van der Waals surface area contributed by atoms with Gasteiger partial charge in [0.1, 0.15) is 0 Å². The molecule has 0 spiro atoms. The van der Waals surface area contributed by atoms with Crippen LogP contribution in [0, 0.1) is 0 Å². The lowest BCUT2D eigenvalue weighted by Gasteiger charge is -2.44. The highest BCUT2D eigenvalue weighted by molar-refractivity contribution is 9.10. The number of hydrogen-bond donors (Lipinski definition) is 1. The Bertz CT molecular complexity index is 1120. The molecule has 164 valence electrons. The number of anilines is 1. The van der Waals surface area contributed by atoms with Gasteiger partial charge >= 0.3 is 0 Å². The van der Waals surface area contributed by atoms with Crippen molar-refractivity contribution in [3.63, 3.8) is 0 Å². The number of halogens is 2. The van der Waals surface area contributed by atoms with Gasteiger partial charge in [-0.1, -0.05) is 45.8 Å². The van der Waals surface area contributed by atoms with Gasteiger partial charge in [0.2, 0.25) is 10.0 Å². The molecule has 0 amide bonds. The molecule has 1 heterocycles. The van der Waals surface area contributed by atoms with Crippen molar-refractivity contribution in [1.29, 1.82) is 0 Å². The molecule has 2 aliphatic rings. The third-order valence-corrected chi connectivity index (χ3v) is 8.76. The van der Waals surface area contributed by atoms with Gasteiger partial charge in [-0.05, 0) is 73.7 Å². The molecule has 7 heteroatoms. The molecule has 1 aliphatic heterocycles. The average molecular weight is 522 g/mol. The summed E-state index contributed by atoms with van der Waals surface area (Å²) in [6.07, 6.45) is 5.67. The summed E-state index contributed by atoms with van der Waals surface area (Å²) in [4.78, 5) is 2.63. The summed E-state index contributed by atoms with van der Waals surface area (Å²) in [6.45, 7) is 9.51. The van der Waals surface area contributed by atoms with Crippen molar-refractivity contribution in [2.24, 2.45) is 0 Å². The maximum Gasteiger partial charge on any atom is 0.240 e. The zero-order valence-electron chi connectivity index (χ0n) is 17.3. The van der Waals surface area contributed by atoms with Crippen LogP contribution in [-0.4, -0.2) is 27.5 Å². The first-order valence-corrected chi connectivity index (χ1v) is 13.1. The molecule has 1 aliphatic carbocycles. The fourth-order valence-electron chi connectivity index (χ4n) is 5.21. The highest BCUT2D eigenvalue weighted by Crippen LogP contribution is 2.56. The van der Waals surface area contributed by atoms with Crippen LogP contribution in [0.1, 0.15) is 31.2 Å². The summed E-state index contributed by atoms with van der Waals surface area (Å²) in [5.41, 5.74) is 3.31. The first-order chi connectivity index (χ1) is 14.8. The lowest BCUT2D eigenvalue weighted by Crippen LogP contribution is -2.49. The van der Waals surface area contributed by atoms with Gasteiger partial charge in [0.25, 0.3) is 0 Å². The van der Waals surface area contributed by atoms with Crippen molar-refractivity contribution in [3.05, 3.63) is 82.3 Å². The van der Waals surface area contributed by atoms with E-state index >= 15 is 0 Å². The van der Waals surface area contributed by atoms with E-state index in [0.717, 1.165) is 30.3 Å². The smallest absolute Gasteiger partial charge is 0.240 e. The molecule has 0 unspecified atom stereocenters. The Hall–Kier alpha value is -1.60. The quantitative estimate of drug-likeness (QED) is 0.467. The molecule has 4 nitrogen and oxygen atoms in total. The fraction of sp³-hybridized carbons (Fsp3) is 0.333. The second kappa shape index (κ2) is 8.74. The third-order valence-electron chi connectivity index (χ3n) is 6.54. The van der Waals surface area contributed by atoms with E-state index in [1.807, 2.05) is 6.08 Å². The molecule has 4 rings (SSSR count). The molecule has 1 saturated carbocycles. The second-order valence-electron chi connectivity index (χ2n) is 8.19. The summed E-state index contributed by atoms with van der Waals surface area (Å²) in [5.74, 6) is 0. The van der Waals surface area contributed by atoms with Gasteiger partial charge in [-0.2, -0.15) is 0 Å². The standard InChI is InChI=1S/C24H26BrClN2O2S/c1-3-15-28-22-12-7-18(25)16-21(22)24(17(2)5-4-6-23(24)28)13-14-27-31(29,30)20-10-8-19(26)9-11-20/h3,7-12,16,23,27H,1-2,4-6,13-15H2/t23-,24-/m0/s1. The van der Waals surface area contributed by atoms with Crippen LogP contribution in [0.2, 0.25) is 5.02 Å². The minimum atomic E-state index is -3.61. The van der Waals surface area contributed by atoms with Crippen molar-refractivity contribution >= 4 is 43.2 Å². The zero-order valence-corrected chi connectivity index (χ0v) is 20.4. The predicted octanol–water partition coefficient (Wildman–Crippen LogP) is 5.82.